The molecule has 0 unspecified atom stereocenters. The predicted molar refractivity (Wildman–Crippen MR) is 89.5 cm³/mol. The lowest BCUT2D eigenvalue weighted by molar-refractivity contribution is 0.213. The number of amides is 2. The first-order valence-electron chi connectivity index (χ1n) is 6.76. The van der Waals surface area contributed by atoms with Gasteiger partial charge in [0.2, 0.25) is 11.7 Å². The standard InChI is InChI=1S/C15H13ClN4O2S/c1-20(15(21)17-11-6-4-10(16)5-7-11)9-13-18-14(19-22-13)12-3-2-8-23-12/h2-8H,9H2,1H3,(H,17,21). The normalized spacial score (nSPS) is 10.5. The molecule has 0 fully saturated rings. The predicted octanol–water partition coefficient (Wildman–Crippen LogP) is 4.12. The summed E-state index contributed by atoms with van der Waals surface area (Å²) in [5.41, 5.74) is 0.663. The number of thiophene rings is 1. The van der Waals surface area contributed by atoms with Gasteiger partial charge in [-0.1, -0.05) is 22.8 Å². The van der Waals surface area contributed by atoms with Gasteiger partial charge in [-0.05, 0) is 35.7 Å². The second-order valence-electron chi connectivity index (χ2n) is 4.78. The van der Waals surface area contributed by atoms with Crippen LogP contribution in [0.3, 0.4) is 0 Å². The molecule has 2 amide bonds. The van der Waals surface area contributed by atoms with Crippen LogP contribution in [0.2, 0.25) is 5.02 Å². The highest BCUT2D eigenvalue weighted by Crippen LogP contribution is 2.21. The first-order chi connectivity index (χ1) is 11.1. The molecule has 0 spiro atoms. The number of hydrogen-bond donors (Lipinski definition) is 1. The Labute approximate surface area is 141 Å². The summed E-state index contributed by atoms with van der Waals surface area (Å²) in [6.07, 6.45) is 0. The molecule has 3 aromatic rings. The Balaban J connectivity index is 1.61. The number of aromatic nitrogens is 2. The fourth-order valence-electron chi connectivity index (χ4n) is 1.85. The molecule has 0 aliphatic rings. The number of carbonyl (C=O) groups excluding carboxylic acids is 1. The molecule has 0 aliphatic heterocycles. The van der Waals surface area contributed by atoms with Crippen LogP contribution in [0.5, 0.6) is 0 Å². The topological polar surface area (TPSA) is 71.3 Å². The van der Waals surface area contributed by atoms with E-state index in [9.17, 15) is 4.79 Å². The number of anilines is 1. The largest absolute Gasteiger partial charge is 0.337 e. The van der Waals surface area contributed by atoms with Crippen LogP contribution in [0, 0.1) is 0 Å². The van der Waals surface area contributed by atoms with Crippen LogP contribution in [0.15, 0.2) is 46.3 Å². The maximum atomic E-state index is 12.1. The average molecular weight is 349 g/mol. The molecule has 6 nitrogen and oxygen atoms in total. The fourth-order valence-corrected chi connectivity index (χ4v) is 2.63. The second-order valence-corrected chi connectivity index (χ2v) is 6.17. The van der Waals surface area contributed by atoms with E-state index in [1.807, 2.05) is 17.5 Å². The summed E-state index contributed by atoms with van der Waals surface area (Å²) in [7, 11) is 1.65. The number of urea groups is 1. The molecule has 3 rings (SSSR count). The Morgan fingerprint density at radius 1 is 1.35 bits per heavy atom. The van der Waals surface area contributed by atoms with Gasteiger partial charge in [0.05, 0.1) is 4.88 Å². The van der Waals surface area contributed by atoms with Crippen LogP contribution >= 0.6 is 22.9 Å². The minimum atomic E-state index is -0.275. The van der Waals surface area contributed by atoms with E-state index in [2.05, 4.69) is 15.5 Å². The molecule has 0 bridgehead atoms. The smallest absolute Gasteiger partial charge is 0.322 e. The molecule has 0 saturated carbocycles. The molecule has 2 aromatic heterocycles. The molecular formula is C15H13ClN4O2S. The number of hydrogen-bond acceptors (Lipinski definition) is 5. The molecular weight excluding hydrogens is 336 g/mol. The van der Waals surface area contributed by atoms with Crippen molar-refractivity contribution in [2.45, 2.75) is 6.54 Å². The van der Waals surface area contributed by atoms with Crippen molar-refractivity contribution in [2.24, 2.45) is 0 Å². The van der Waals surface area contributed by atoms with Gasteiger partial charge in [-0.25, -0.2) is 4.79 Å². The van der Waals surface area contributed by atoms with Crippen LogP contribution in [0.25, 0.3) is 10.7 Å². The van der Waals surface area contributed by atoms with E-state index in [1.54, 1.807) is 31.3 Å². The minimum absolute atomic E-state index is 0.220. The van der Waals surface area contributed by atoms with Gasteiger partial charge in [0.15, 0.2) is 0 Å². The Hall–Kier alpha value is -2.38. The van der Waals surface area contributed by atoms with Crippen molar-refractivity contribution >= 4 is 34.7 Å². The molecule has 0 saturated heterocycles. The summed E-state index contributed by atoms with van der Waals surface area (Å²) in [6.45, 7) is 0.220. The summed E-state index contributed by atoms with van der Waals surface area (Å²) in [5, 5.41) is 9.24. The monoisotopic (exact) mass is 348 g/mol. The van der Waals surface area contributed by atoms with Crippen molar-refractivity contribution in [3.8, 4) is 10.7 Å². The van der Waals surface area contributed by atoms with Crippen molar-refractivity contribution in [1.82, 2.24) is 15.0 Å². The van der Waals surface area contributed by atoms with E-state index >= 15 is 0 Å². The van der Waals surface area contributed by atoms with Gasteiger partial charge in [0.25, 0.3) is 0 Å². The molecule has 23 heavy (non-hydrogen) atoms. The van der Waals surface area contributed by atoms with Crippen molar-refractivity contribution in [3.63, 3.8) is 0 Å². The van der Waals surface area contributed by atoms with Crippen LogP contribution in [-0.2, 0) is 6.54 Å². The van der Waals surface area contributed by atoms with Gasteiger partial charge in [0.1, 0.15) is 6.54 Å². The highest BCUT2D eigenvalue weighted by Gasteiger charge is 2.15. The molecule has 8 heteroatoms. The summed E-state index contributed by atoms with van der Waals surface area (Å²) >= 11 is 7.34. The summed E-state index contributed by atoms with van der Waals surface area (Å²) in [5.74, 6) is 0.906. The number of nitrogens with zero attached hydrogens (tertiary/aromatic N) is 3. The van der Waals surface area contributed by atoms with Gasteiger partial charge >= 0.3 is 6.03 Å². The first-order valence-corrected chi connectivity index (χ1v) is 8.02. The van der Waals surface area contributed by atoms with Crippen LogP contribution in [0.1, 0.15) is 5.89 Å². The molecule has 1 aromatic carbocycles. The third-order valence-corrected chi connectivity index (χ3v) is 4.14. The Kier molecular flexibility index (Phi) is 4.59. The van der Waals surface area contributed by atoms with E-state index in [0.29, 0.717) is 22.4 Å². The molecule has 2 heterocycles. The van der Waals surface area contributed by atoms with Crippen molar-refractivity contribution in [1.29, 1.82) is 0 Å². The third kappa shape index (κ3) is 3.88. The van der Waals surface area contributed by atoms with Gasteiger partial charge in [-0.3, -0.25) is 0 Å². The van der Waals surface area contributed by atoms with Crippen molar-refractivity contribution in [3.05, 3.63) is 52.7 Å². The SMILES string of the molecule is CN(Cc1nc(-c2cccs2)no1)C(=O)Nc1ccc(Cl)cc1. The van der Waals surface area contributed by atoms with Crippen molar-refractivity contribution in [2.75, 3.05) is 12.4 Å². The van der Waals surface area contributed by atoms with Crippen LogP contribution in [0.4, 0.5) is 10.5 Å². The van der Waals surface area contributed by atoms with Gasteiger partial charge in [-0.15, -0.1) is 11.3 Å². The lowest BCUT2D eigenvalue weighted by atomic mass is 10.3. The Morgan fingerprint density at radius 2 is 2.13 bits per heavy atom. The summed E-state index contributed by atoms with van der Waals surface area (Å²) < 4.78 is 5.18. The molecule has 0 radical (unpaired) electrons. The zero-order valence-corrected chi connectivity index (χ0v) is 13.8. The second kappa shape index (κ2) is 6.80. The van der Waals surface area contributed by atoms with E-state index in [1.165, 1.54) is 16.2 Å². The minimum Gasteiger partial charge on any atom is -0.337 e. The van der Waals surface area contributed by atoms with E-state index in [-0.39, 0.29) is 12.6 Å². The zero-order valence-electron chi connectivity index (χ0n) is 12.2. The maximum Gasteiger partial charge on any atom is 0.322 e. The highest BCUT2D eigenvalue weighted by molar-refractivity contribution is 7.13. The van der Waals surface area contributed by atoms with Crippen LogP contribution < -0.4 is 5.32 Å². The zero-order chi connectivity index (χ0) is 16.2. The quantitative estimate of drug-likeness (QED) is 0.770. The van der Waals surface area contributed by atoms with Gasteiger partial charge in [-0.2, -0.15) is 4.98 Å². The number of benzene rings is 1. The summed E-state index contributed by atoms with van der Waals surface area (Å²) in [4.78, 5) is 18.8. The Bertz CT molecular complexity index is 786. The fraction of sp³-hybridized carbons (Fsp3) is 0.133. The van der Waals surface area contributed by atoms with Gasteiger partial charge < -0.3 is 14.7 Å². The highest BCUT2D eigenvalue weighted by atomic mass is 35.5. The molecule has 1 N–H and O–H groups in total. The third-order valence-electron chi connectivity index (χ3n) is 3.02. The average Bonchev–Trinajstić information content (AvgIpc) is 3.20. The van der Waals surface area contributed by atoms with Gasteiger partial charge in [0, 0.05) is 17.8 Å². The number of rotatable bonds is 4. The first kappa shape index (κ1) is 15.5. The summed E-state index contributed by atoms with van der Waals surface area (Å²) in [6, 6.07) is 10.4. The molecule has 118 valence electrons. The molecule has 0 aliphatic carbocycles. The van der Waals surface area contributed by atoms with E-state index in [0.717, 1.165) is 4.88 Å². The van der Waals surface area contributed by atoms with E-state index < -0.39 is 0 Å². The number of halogens is 1. The van der Waals surface area contributed by atoms with Crippen LogP contribution in [-0.4, -0.2) is 28.1 Å². The van der Waals surface area contributed by atoms with E-state index in [4.69, 9.17) is 16.1 Å². The lowest BCUT2D eigenvalue weighted by Gasteiger charge is -2.15. The molecule has 0 atom stereocenters. The number of nitrogens with one attached hydrogen (secondary N) is 1. The number of carbonyl (C=O) groups is 1. The Morgan fingerprint density at radius 3 is 2.83 bits per heavy atom. The maximum absolute atomic E-state index is 12.1. The lowest BCUT2D eigenvalue weighted by Crippen LogP contribution is -2.30. The van der Waals surface area contributed by atoms with Crippen molar-refractivity contribution < 1.29 is 9.32 Å².